The Bertz CT molecular complexity index is 1620. The number of esters is 4. The molecule has 0 aliphatic rings. The summed E-state index contributed by atoms with van der Waals surface area (Å²) in [4.78, 5) is 71.7. The van der Waals surface area contributed by atoms with Crippen molar-refractivity contribution in [2.24, 2.45) is 5.92 Å². The van der Waals surface area contributed by atoms with Crippen molar-refractivity contribution in [1.82, 2.24) is 0 Å². The predicted molar refractivity (Wildman–Crippen MR) is 331 cm³/mol. The average Bonchev–Trinajstić information content (AvgIpc) is 3.46. The first-order chi connectivity index (χ1) is 40.0. The van der Waals surface area contributed by atoms with Crippen molar-refractivity contribution in [2.45, 2.75) is 342 Å². The molecular formula is C64H124O17P2. The van der Waals surface area contributed by atoms with Gasteiger partial charge in [0.1, 0.15) is 19.3 Å². The zero-order valence-electron chi connectivity index (χ0n) is 53.3. The van der Waals surface area contributed by atoms with Crippen LogP contribution in [0.4, 0.5) is 0 Å². The van der Waals surface area contributed by atoms with Crippen LogP contribution in [-0.4, -0.2) is 96.7 Å². The molecule has 0 amide bonds. The Kier molecular flexibility index (Phi) is 56.4. The van der Waals surface area contributed by atoms with E-state index in [4.69, 9.17) is 37.0 Å². The van der Waals surface area contributed by atoms with Crippen LogP contribution in [0.2, 0.25) is 0 Å². The molecule has 0 aromatic heterocycles. The van der Waals surface area contributed by atoms with Gasteiger partial charge < -0.3 is 33.8 Å². The summed E-state index contributed by atoms with van der Waals surface area (Å²) >= 11 is 0. The number of hydrogen-bond acceptors (Lipinski definition) is 15. The molecule has 0 aromatic rings. The van der Waals surface area contributed by atoms with Gasteiger partial charge in [0.15, 0.2) is 12.2 Å². The fourth-order valence-corrected chi connectivity index (χ4v) is 11.2. The van der Waals surface area contributed by atoms with Gasteiger partial charge in [-0.3, -0.25) is 37.3 Å². The minimum Gasteiger partial charge on any atom is -0.462 e. The molecule has 19 heteroatoms. The molecule has 0 bridgehead atoms. The number of carbonyl (C=O) groups is 4. The van der Waals surface area contributed by atoms with Crippen molar-refractivity contribution in [3.63, 3.8) is 0 Å². The van der Waals surface area contributed by atoms with Crippen LogP contribution in [0.3, 0.4) is 0 Å². The van der Waals surface area contributed by atoms with Crippen molar-refractivity contribution in [3.05, 3.63) is 0 Å². The van der Waals surface area contributed by atoms with Gasteiger partial charge in [0, 0.05) is 25.7 Å². The first-order valence-electron chi connectivity index (χ1n) is 33.6. The highest BCUT2D eigenvalue weighted by molar-refractivity contribution is 7.47. The van der Waals surface area contributed by atoms with E-state index in [1.807, 2.05) is 0 Å². The predicted octanol–water partition coefficient (Wildman–Crippen LogP) is 17.8. The third-order valence-corrected chi connectivity index (χ3v) is 16.7. The highest BCUT2D eigenvalue weighted by atomic mass is 31.2. The lowest BCUT2D eigenvalue weighted by atomic mass is 10.0. The smallest absolute Gasteiger partial charge is 0.462 e. The topological polar surface area (TPSA) is 237 Å². The summed E-state index contributed by atoms with van der Waals surface area (Å²) in [6, 6.07) is 0. The molecular weight excluding hydrogens is 1100 g/mol. The maximum atomic E-state index is 13.0. The summed E-state index contributed by atoms with van der Waals surface area (Å²) in [5, 5.41) is 10.5. The second-order valence-corrected chi connectivity index (χ2v) is 26.5. The van der Waals surface area contributed by atoms with Crippen molar-refractivity contribution in [1.29, 1.82) is 0 Å². The van der Waals surface area contributed by atoms with E-state index in [2.05, 4.69) is 34.6 Å². The van der Waals surface area contributed by atoms with E-state index in [9.17, 15) is 43.2 Å². The number of phosphoric ester groups is 2. The summed E-state index contributed by atoms with van der Waals surface area (Å²) in [5.41, 5.74) is 0. The van der Waals surface area contributed by atoms with E-state index < -0.39 is 97.5 Å². The Morgan fingerprint density at radius 1 is 0.325 bits per heavy atom. The van der Waals surface area contributed by atoms with Gasteiger partial charge in [-0.15, -0.1) is 0 Å². The summed E-state index contributed by atoms with van der Waals surface area (Å²) in [5.74, 6) is -1.40. The molecule has 0 heterocycles. The number of unbranched alkanes of at least 4 members (excludes halogenated alkanes) is 36. The standard InChI is InChI=1S/C64H124O17P2/c1-6-9-12-15-16-17-18-19-20-21-22-23-24-25-26-27-32-35-40-45-50-64(69)81-60(54-75-62(67)48-43-39-34-31-29-28-30-33-38-41-46-57(4)5)56-79-83(72,73)77-52-58(65)51-76-82(70,71)78-55-59(80-63(68)49-44-37-14-11-8-3)53-74-61(66)47-42-36-13-10-7-2/h57-60,65H,6-56H2,1-5H3,(H,70,71)(H,72,73)/t58-,59+,60+/m0/s1. The van der Waals surface area contributed by atoms with Crippen LogP contribution >= 0.6 is 15.6 Å². The van der Waals surface area contributed by atoms with Crippen LogP contribution in [0, 0.1) is 5.92 Å². The number of carbonyl (C=O) groups excluding carboxylic acids is 4. The first-order valence-corrected chi connectivity index (χ1v) is 36.6. The molecule has 3 N–H and O–H groups in total. The number of rotatable bonds is 64. The second kappa shape index (κ2) is 57.8. The van der Waals surface area contributed by atoms with Crippen LogP contribution in [0.1, 0.15) is 324 Å². The highest BCUT2D eigenvalue weighted by Gasteiger charge is 2.30. The van der Waals surface area contributed by atoms with Gasteiger partial charge in [-0.2, -0.15) is 0 Å². The SMILES string of the molecule is CCCCCCCCCCCCCCCCCCCCCCC(=O)O[C@H](COC(=O)CCCCCCCCCCCCC(C)C)COP(=O)(O)OC[C@@H](O)COP(=O)(O)OC[C@@H](COC(=O)CCCCCCC)OC(=O)CCCCCCC. The van der Waals surface area contributed by atoms with Crippen LogP contribution in [0.15, 0.2) is 0 Å². The van der Waals surface area contributed by atoms with E-state index in [1.165, 1.54) is 141 Å². The highest BCUT2D eigenvalue weighted by Crippen LogP contribution is 2.45. The minimum atomic E-state index is -4.94. The maximum Gasteiger partial charge on any atom is 0.472 e. The van der Waals surface area contributed by atoms with Crippen molar-refractivity contribution in [3.8, 4) is 0 Å². The number of aliphatic hydroxyl groups is 1. The summed E-state index contributed by atoms with van der Waals surface area (Å²) in [7, 11) is -9.87. The molecule has 492 valence electrons. The zero-order chi connectivity index (χ0) is 61.3. The molecule has 2 unspecified atom stereocenters. The minimum absolute atomic E-state index is 0.0989. The molecule has 0 aliphatic carbocycles. The fourth-order valence-electron chi connectivity index (χ4n) is 9.58. The third-order valence-electron chi connectivity index (χ3n) is 14.8. The number of hydrogen-bond donors (Lipinski definition) is 3. The lowest BCUT2D eigenvalue weighted by molar-refractivity contribution is -0.161. The van der Waals surface area contributed by atoms with E-state index in [1.54, 1.807) is 0 Å². The summed E-state index contributed by atoms with van der Waals surface area (Å²) in [6.45, 7) is 7.00. The fraction of sp³-hybridized carbons (Fsp3) is 0.938. The first kappa shape index (κ1) is 81.1. The molecule has 0 radical (unpaired) electrons. The molecule has 0 spiro atoms. The van der Waals surface area contributed by atoms with E-state index in [0.717, 1.165) is 102 Å². The van der Waals surface area contributed by atoms with E-state index in [0.29, 0.717) is 25.7 Å². The molecule has 5 atom stereocenters. The Morgan fingerprint density at radius 3 is 0.819 bits per heavy atom. The molecule has 0 saturated carbocycles. The Morgan fingerprint density at radius 2 is 0.554 bits per heavy atom. The van der Waals surface area contributed by atoms with Gasteiger partial charge >= 0.3 is 39.5 Å². The lowest BCUT2D eigenvalue weighted by Gasteiger charge is -2.21. The molecule has 0 rings (SSSR count). The summed E-state index contributed by atoms with van der Waals surface area (Å²) < 4.78 is 67.5. The number of aliphatic hydroxyl groups excluding tert-OH is 1. The molecule has 17 nitrogen and oxygen atoms in total. The van der Waals surface area contributed by atoms with Crippen molar-refractivity contribution >= 4 is 39.5 Å². The monoisotopic (exact) mass is 1230 g/mol. The number of phosphoric acid groups is 2. The molecule has 0 saturated heterocycles. The van der Waals surface area contributed by atoms with Crippen LogP contribution in [-0.2, 0) is 65.4 Å². The second-order valence-electron chi connectivity index (χ2n) is 23.6. The third kappa shape index (κ3) is 58.8. The van der Waals surface area contributed by atoms with E-state index in [-0.39, 0.29) is 25.7 Å². The Labute approximate surface area is 505 Å². The lowest BCUT2D eigenvalue weighted by Crippen LogP contribution is -2.30. The van der Waals surface area contributed by atoms with Crippen LogP contribution < -0.4 is 0 Å². The van der Waals surface area contributed by atoms with Gasteiger partial charge in [-0.05, 0) is 31.6 Å². The molecule has 0 aliphatic heterocycles. The Hall–Kier alpha value is -1.94. The van der Waals surface area contributed by atoms with Gasteiger partial charge in [0.05, 0.1) is 26.4 Å². The van der Waals surface area contributed by atoms with Crippen LogP contribution in [0.25, 0.3) is 0 Å². The summed E-state index contributed by atoms with van der Waals surface area (Å²) in [6.07, 6.45) is 42.7. The number of ether oxygens (including phenoxy) is 4. The Balaban J connectivity index is 5.06. The van der Waals surface area contributed by atoms with Gasteiger partial charge in [0.2, 0.25) is 0 Å². The quantitative estimate of drug-likeness (QED) is 0.0222. The van der Waals surface area contributed by atoms with Crippen LogP contribution in [0.5, 0.6) is 0 Å². The zero-order valence-corrected chi connectivity index (χ0v) is 55.1. The largest absolute Gasteiger partial charge is 0.472 e. The maximum absolute atomic E-state index is 13.0. The van der Waals surface area contributed by atoms with Crippen molar-refractivity contribution in [2.75, 3.05) is 39.6 Å². The molecule has 0 aromatic carbocycles. The molecule has 0 fully saturated rings. The normalized spacial score (nSPS) is 14.2. The average molecular weight is 1230 g/mol. The van der Waals surface area contributed by atoms with E-state index >= 15 is 0 Å². The van der Waals surface area contributed by atoms with Gasteiger partial charge in [-0.1, -0.05) is 272 Å². The van der Waals surface area contributed by atoms with Gasteiger partial charge in [-0.25, -0.2) is 9.13 Å². The molecule has 83 heavy (non-hydrogen) atoms. The van der Waals surface area contributed by atoms with Gasteiger partial charge in [0.25, 0.3) is 0 Å². The van der Waals surface area contributed by atoms with Crippen molar-refractivity contribution < 1.29 is 80.2 Å².